The van der Waals surface area contributed by atoms with E-state index in [1.54, 1.807) is 34.9 Å². The van der Waals surface area contributed by atoms with E-state index in [0.717, 1.165) is 60.4 Å². The second-order valence-corrected chi connectivity index (χ2v) is 16.7. The number of nitrogen functional groups attached to an aromatic ring is 1. The van der Waals surface area contributed by atoms with Crippen LogP contribution in [-0.4, -0.2) is 140 Å². The van der Waals surface area contributed by atoms with Gasteiger partial charge in [0.1, 0.15) is 15.7 Å². The van der Waals surface area contributed by atoms with Crippen molar-refractivity contribution in [3.63, 3.8) is 0 Å². The number of thiophene rings is 2. The Morgan fingerprint density at radius 1 is 0.830 bits per heavy atom. The number of ether oxygens (including phenoxy) is 3. The number of methoxy groups -OCH3 is 1. The smallest absolute Gasteiger partial charge is 0.341 e. The van der Waals surface area contributed by atoms with E-state index in [9.17, 15) is 24.0 Å². The summed E-state index contributed by atoms with van der Waals surface area (Å²) < 4.78 is 17.2. The third kappa shape index (κ3) is 7.07. The van der Waals surface area contributed by atoms with Crippen LogP contribution in [0.2, 0.25) is 0 Å². The number of rotatable bonds is 1. The van der Waals surface area contributed by atoms with Crippen molar-refractivity contribution in [1.82, 2.24) is 34.5 Å². The Hall–Kier alpha value is -3.94. The van der Waals surface area contributed by atoms with Crippen molar-refractivity contribution in [2.45, 2.75) is 44.6 Å². The van der Waals surface area contributed by atoms with Crippen LogP contribution >= 0.6 is 22.7 Å². The van der Waals surface area contributed by atoms with Crippen molar-refractivity contribution >= 4 is 61.6 Å². The van der Waals surface area contributed by atoms with Gasteiger partial charge in [0.2, 0.25) is 17.7 Å². The lowest BCUT2D eigenvalue weighted by Gasteiger charge is -2.22. The number of nitrogens with zero attached hydrogens (tertiary/aromatic N) is 6. The molecule has 3 N–H and O–H groups in total. The van der Waals surface area contributed by atoms with E-state index >= 15 is 0 Å². The molecule has 0 radical (unpaired) electrons. The van der Waals surface area contributed by atoms with Crippen LogP contribution < -0.4 is 16.6 Å². The molecular weight excluding hydrogens is 725 g/mol. The monoisotopic (exact) mass is 770 g/mol. The highest BCUT2D eigenvalue weighted by atomic mass is 32.1. The summed E-state index contributed by atoms with van der Waals surface area (Å²) in [7, 11) is 8.97. The van der Waals surface area contributed by atoms with Crippen LogP contribution in [0, 0.1) is 11.8 Å². The van der Waals surface area contributed by atoms with E-state index in [2.05, 4.69) is 29.2 Å². The molecule has 286 valence electrons. The second kappa shape index (κ2) is 15.1. The van der Waals surface area contributed by atoms with E-state index in [-0.39, 0.29) is 59.7 Å². The number of carbonyl (C=O) groups excluding carboxylic acids is 4. The number of nitrogens with two attached hydrogens (primary N) is 1. The first-order valence-electron chi connectivity index (χ1n) is 17.7. The van der Waals surface area contributed by atoms with Crippen LogP contribution in [0.25, 0.3) is 10.2 Å². The van der Waals surface area contributed by atoms with Crippen LogP contribution in [-0.2, 0) is 61.1 Å². The Morgan fingerprint density at radius 3 is 2.17 bits per heavy atom. The number of fused-ring (bicyclic) bond motifs is 8. The van der Waals surface area contributed by atoms with E-state index in [4.69, 9.17) is 24.9 Å². The normalized spacial score (nSPS) is 25.4. The van der Waals surface area contributed by atoms with Gasteiger partial charge in [-0.15, -0.1) is 22.7 Å². The molecule has 3 fully saturated rings. The molecular formula is C35H46N8O8S2. The molecule has 0 aliphatic carbocycles. The minimum absolute atomic E-state index is 0.000787. The molecule has 9 rings (SSSR count). The molecule has 6 aliphatic rings. The minimum Gasteiger partial charge on any atom is -0.465 e. The Labute approximate surface area is 314 Å². The number of likely N-dealkylation sites (N-methyl/N-ethyl adjacent to an activating group) is 3. The SMILES string of the molecule is CN1CC(=O)N[C@H]2COC[C@H]2C1=O.CN1CCc2c(sc3nc4n(c(=O)c23)[C@H]2COC[C@H]2C(=O)N(C)C4)C1.COC(=O)c1c(N)sc2c1CCN(C)C2. The molecule has 9 heterocycles. The van der Waals surface area contributed by atoms with Gasteiger partial charge in [0.05, 0.1) is 81.5 Å². The zero-order valence-corrected chi connectivity index (χ0v) is 32.3. The molecule has 0 bridgehead atoms. The fraction of sp³-hybridized carbons (Fsp3) is 0.600. The maximum absolute atomic E-state index is 13.4. The lowest BCUT2D eigenvalue weighted by atomic mass is 10.0. The van der Waals surface area contributed by atoms with Crippen LogP contribution in [0.15, 0.2) is 4.79 Å². The summed E-state index contributed by atoms with van der Waals surface area (Å²) in [5.41, 5.74) is 8.68. The van der Waals surface area contributed by atoms with Crippen molar-refractivity contribution in [2.75, 3.05) is 87.1 Å². The molecule has 3 aromatic heterocycles. The molecule has 0 saturated carbocycles. The van der Waals surface area contributed by atoms with E-state index in [1.807, 2.05) is 0 Å². The van der Waals surface area contributed by atoms with E-state index in [1.165, 1.54) is 33.1 Å². The summed E-state index contributed by atoms with van der Waals surface area (Å²) in [6.45, 7) is 5.86. The number of amides is 3. The number of aromatic nitrogens is 2. The second-order valence-electron chi connectivity index (χ2n) is 14.5. The molecule has 0 aromatic carbocycles. The summed E-state index contributed by atoms with van der Waals surface area (Å²) in [6, 6.07) is -0.358. The average Bonchev–Trinajstić information content (AvgIpc) is 3.90. The summed E-state index contributed by atoms with van der Waals surface area (Å²) in [5.74, 6) is -0.165. The molecule has 6 aliphatic heterocycles. The molecule has 0 spiro atoms. The van der Waals surface area contributed by atoms with Crippen LogP contribution in [0.3, 0.4) is 0 Å². The summed E-state index contributed by atoms with van der Waals surface area (Å²) in [6.07, 6.45) is 1.76. The topological polar surface area (TPSA) is 182 Å². The van der Waals surface area contributed by atoms with Crippen molar-refractivity contribution in [2.24, 2.45) is 11.8 Å². The molecule has 3 aromatic rings. The zero-order valence-electron chi connectivity index (χ0n) is 30.6. The first kappa shape index (κ1) is 37.4. The van der Waals surface area contributed by atoms with Gasteiger partial charge in [-0.25, -0.2) is 9.78 Å². The molecule has 18 heteroatoms. The third-order valence-electron chi connectivity index (χ3n) is 10.8. The van der Waals surface area contributed by atoms with Crippen LogP contribution in [0.5, 0.6) is 0 Å². The van der Waals surface area contributed by atoms with Gasteiger partial charge in [0.25, 0.3) is 5.56 Å². The van der Waals surface area contributed by atoms with Gasteiger partial charge in [-0.1, -0.05) is 0 Å². The highest BCUT2D eigenvalue weighted by Crippen LogP contribution is 2.37. The van der Waals surface area contributed by atoms with Crippen molar-refractivity contribution in [1.29, 1.82) is 0 Å². The Morgan fingerprint density at radius 2 is 1.45 bits per heavy atom. The number of esters is 1. The van der Waals surface area contributed by atoms with Gasteiger partial charge in [0, 0.05) is 50.0 Å². The fourth-order valence-corrected chi connectivity index (χ4v) is 10.4. The maximum Gasteiger partial charge on any atom is 0.341 e. The van der Waals surface area contributed by atoms with Crippen LogP contribution in [0.4, 0.5) is 5.00 Å². The van der Waals surface area contributed by atoms with Gasteiger partial charge in [-0.2, -0.15) is 0 Å². The number of hydrogen-bond donors (Lipinski definition) is 2. The van der Waals surface area contributed by atoms with Gasteiger partial charge in [-0.3, -0.25) is 23.7 Å². The first-order chi connectivity index (χ1) is 25.4. The molecule has 0 unspecified atom stereocenters. The summed E-state index contributed by atoms with van der Waals surface area (Å²) >= 11 is 3.12. The van der Waals surface area contributed by atoms with Crippen molar-refractivity contribution < 1.29 is 33.4 Å². The lowest BCUT2D eigenvalue weighted by Crippen LogP contribution is -2.40. The quantitative estimate of drug-likeness (QED) is 0.324. The summed E-state index contributed by atoms with van der Waals surface area (Å²) in [5, 5.41) is 4.12. The number of anilines is 1. The molecule has 3 amide bonds. The Kier molecular flexibility index (Phi) is 10.6. The van der Waals surface area contributed by atoms with Gasteiger partial charge < -0.3 is 44.9 Å². The van der Waals surface area contributed by atoms with E-state index in [0.29, 0.717) is 49.4 Å². The van der Waals surface area contributed by atoms with Crippen molar-refractivity contribution in [3.05, 3.63) is 42.6 Å². The Bertz CT molecular complexity index is 2010. The number of hydrogen-bond acceptors (Lipinski definition) is 14. The molecule has 4 atom stereocenters. The standard InChI is InChI=1S/C17H20N4O3S.C10H14N2O2S.C8H12N2O3/c1-19-4-3-9-12(5-19)25-15-14(9)17(23)21-11-8-24-7-10(11)16(22)20(2)6-13(21)18-15;1-12-4-3-6-7(5-12)15-9(11)8(6)10(13)14-2;1-10-2-7(11)9-6-4-13-3-5(6)8(10)12/h10-11H,3-8H2,1-2H3;3-5,11H2,1-2H3;5-6H,2-4H2,1H3,(H,9,11)/t10-,11+;;5-,6+/m1.1/s1. The highest BCUT2D eigenvalue weighted by Gasteiger charge is 2.42. The van der Waals surface area contributed by atoms with Crippen molar-refractivity contribution in [3.8, 4) is 0 Å². The lowest BCUT2D eigenvalue weighted by molar-refractivity contribution is -0.135. The summed E-state index contributed by atoms with van der Waals surface area (Å²) in [4.78, 5) is 76.1. The minimum atomic E-state index is -0.311. The third-order valence-corrected chi connectivity index (χ3v) is 12.9. The van der Waals surface area contributed by atoms with E-state index < -0.39 is 0 Å². The number of carbonyl (C=O) groups is 4. The zero-order chi connectivity index (χ0) is 37.7. The van der Waals surface area contributed by atoms with Gasteiger partial charge in [0.15, 0.2) is 0 Å². The van der Waals surface area contributed by atoms with Gasteiger partial charge >= 0.3 is 5.97 Å². The molecule has 53 heavy (non-hydrogen) atoms. The Balaban J connectivity index is 0.000000133. The number of nitrogens with one attached hydrogen (secondary N) is 1. The van der Waals surface area contributed by atoms with Crippen LogP contribution in [0.1, 0.15) is 43.1 Å². The largest absolute Gasteiger partial charge is 0.465 e. The molecule has 16 nitrogen and oxygen atoms in total. The average molecular weight is 771 g/mol. The van der Waals surface area contributed by atoms with Gasteiger partial charge in [-0.05, 0) is 38.1 Å². The predicted octanol–water partition coefficient (Wildman–Crippen LogP) is 0.300. The first-order valence-corrected chi connectivity index (χ1v) is 19.3. The highest BCUT2D eigenvalue weighted by molar-refractivity contribution is 7.18. The predicted molar refractivity (Wildman–Crippen MR) is 198 cm³/mol. The fourth-order valence-electron chi connectivity index (χ4n) is 7.93. The maximum atomic E-state index is 13.4. The molecule has 3 saturated heterocycles.